The van der Waals surface area contributed by atoms with Gasteiger partial charge in [0.05, 0.1) is 19.5 Å². The Morgan fingerprint density at radius 2 is 1.95 bits per heavy atom. The zero-order valence-electron chi connectivity index (χ0n) is 11.3. The number of thioether (sulfide) groups is 1. The van der Waals surface area contributed by atoms with Crippen LogP contribution in [-0.4, -0.2) is 30.2 Å². The summed E-state index contributed by atoms with van der Waals surface area (Å²) < 4.78 is 5.08. The number of rotatable bonds is 4. The van der Waals surface area contributed by atoms with Crippen molar-refractivity contribution in [1.82, 2.24) is 4.90 Å². The van der Waals surface area contributed by atoms with Gasteiger partial charge in [0.25, 0.3) is 0 Å². The Balaban J connectivity index is 0.00000180. The minimum atomic E-state index is 0. The molecular formula is C14H18BrNO2S. The number of ether oxygens (including phenoxy) is 1. The van der Waals surface area contributed by atoms with Crippen LogP contribution < -0.4 is 4.74 Å². The monoisotopic (exact) mass is 343 g/mol. The van der Waals surface area contributed by atoms with E-state index in [-0.39, 0.29) is 22.8 Å². The third-order valence-electron chi connectivity index (χ3n) is 3.17. The Labute approximate surface area is 128 Å². The summed E-state index contributed by atoms with van der Waals surface area (Å²) in [6, 6.07) is 7.27. The molecule has 0 fully saturated rings. The first-order valence-corrected chi connectivity index (χ1v) is 6.83. The van der Waals surface area contributed by atoms with Crippen molar-refractivity contribution in [3.63, 3.8) is 0 Å². The number of benzene rings is 1. The summed E-state index contributed by atoms with van der Waals surface area (Å²) in [6.45, 7) is 4.61. The molecule has 0 saturated heterocycles. The van der Waals surface area contributed by atoms with Gasteiger partial charge in [-0.05, 0) is 38.1 Å². The lowest BCUT2D eigenvalue weighted by molar-refractivity contribution is 0.0958. The topological polar surface area (TPSA) is 29.5 Å². The normalized spacial score (nSPS) is 14.4. The minimum absolute atomic E-state index is 0. The molecule has 0 spiro atoms. The van der Waals surface area contributed by atoms with Crippen LogP contribution in [0.4, 0.5) is 0 Å². The number of hydrogen-bond donors (Lipinski definition) is 0. The third kappa shape index (κ3) is 3.76. The van der Waals surface area contributed by atoms with Crippen LogP contribution in [0.3, 0.4) is 0 Å². The summed E-state index contributed by atoms with van der Waals surface area (Å²) in [7, 11) is 1.62. The van der Waals surface area contributed by atoms with Crippen molar-refractivity contribution >= 4 is 34.5 Å². The van der Waals surface area contributed by atoms with Gasteiger partial charge in [0, 0.05) is 16.2 Å². The second-order valence-corrected chi connectivity index (χ2v) is 5.42. The fraction of sp³-hybridized carbons (Fsp3) is 0.357. The van der Waals surface area contributed by atoms with E-state index in [2.05, 4.69) is 18.7 Å². The standard InChI is InChI=1S/C14H17NO2S.BrH/c1-10-11(2)18-9-15(10)8-14(16)12-4-6-13(17-3)7-5-12;/h4-7H,8-9H2,1-3H3;1H. The molecule has 1 heterocycles. The van der Waals surface area contributed by atoms with Crippen molar-refractivity contribution in [3.05, 3.63) is 40.4 Å². The van der Waals surface area contributed by atoms with Crippen LogP contribution in [0.2, 0.25) is 0 Å². The van der Waals surface area contributed by atoms with Gasteiger partial charge in [-0.25, -0.2) is 0 Å². The number of nitrogens with zero attached hydrogens (tertiary/aromatic N) is 1. The SMILES string of the molecule is Br.COc1ccc(C(=O)CN2CSC(C)=C2C)cc1. The van der Waals surface area contributed by atoms with Crippen LogP contribution in [0, 0.1) is 0 Å². The first kappa shape index (κ1) is 16.1. The molecule has 2 rings (SSSR count). The van der Waals surface area contributed by atoms with E-state index in [1.54, 1.807) is 18.9 Å². The lowest BCUT2D eigenvalue weighted by Crippen LogP contribution is -2.25. The molecule has 1 aromatic rings. The highest BCUT2D eigenvalue weighted by atomic mass is 79.9. The zero-order valence-corrected chi connectivity index (χ0v) is 13.8. The van der Waals surface area contributed by atoms with Gasteiger partial charge in [-0.1, -0.05) is 0 Å². The van der Waals surface area contributed by atoms with Gasteiger partial charge < -0.3 is 9.64 Å². The number of allylic oxidation sites excluding steroid dienone is 2. The Morgan fingerprint density at radius 3 is 2.42 bits per heavy atom. The first-order valence-electron chi connectivity index (χ1n) is 5.84. The summed E-state index contributed by atoms with van der Waals surface area (Å²) in [5.74, 6) is 1.79. The van der Waals surface area contributed by atoms with Crippen LogP contribution in [0.25, 0.3) is 0 Å². The van der Waals surface area contributed by atoms with E-state index in [0.717, 1.165) is 17.2 Å². The molecule has 5 heteroatoms. The van der Waals surface area contributed by atoms with Gasteiger partial charge >= 0.3 is 0 Å². The van der Waals surface area contributed by atoms with Gasteiger partial charge in [0.1, 0.15) is 5.75 Å². The quantitative estimate of drug-likeness (QED) is 0.779. The number of halogens is 1. The molecule has 0 bridgehead atoms. The molecule has 19 heavy (non-hydrogen) atoms. The number of hydrogen-bond acceptors (Lipinski definition) is 4. The van der Waals surface area contributed by atoms with Gasteiger partial charge in [0.2, 0.25) is 0 Å². The third-order valence-corrected chi connectivity index (χ3v) is 4.34. The van der Waals surface area contributed by atoms with Crippen LogP contribution in [0.5, 0.6) is 5.75 Å². The van der Waals surface area contributed by atoms with E-state index in [9.17, 15) is 4.79 Å². The van der Waals surface area contributed by atoms with E-state index in [0.29, 0.717) is 6.54 Å². The average molecular weight is 344 g/mol. The van der Waals surface area contributed by atoms with E-state index in [1.807, 2.05) is 24.3 Å². The number of methoxy groups -OCH3 is 1. The fourth-order valence-electron chi connectivity index (χ4n) is 1.80. The van der Waals surface area contributed by atoms with E-state index >= 15 is 0 Å². The lowest BCUT2D eigenvalue weighted by Gasteiger charge is -2.18. The lowest BCUT2D eigenvalue weighted by atomic mass is 10.1. The molecule has 0 amide bonds. The van der Waals surface area contributed by atoms with E-state index in [1.165, 1.54) is 10.6 Å². The van der Waals surface area contributed by atoms with Crippen molar-refractivity contribution in [2.75, 3.05) is 19.5 Å². The average Bonchev–Trinajstić information content (AvgIpc) is 2.71. The highest BCUT2D eigenvalue weighted by molar-refractivity contribution is 8.93. The maximum atomic E-state index is 12.1. The summed E-state index contributed by atoms with van der Waals surface area (Å²) in [4.78, 5) is 15.6. The van der Waals surface area contributed by atoms with Crippen molar-refractivity contribution in [1.29, 1.82) is 0 Å². The fourth-order valence-corrected chi connectivity index (χ4v) is 2.78. The highest BCUT2D eigenvalue weighted by Gasteiger charge is 2.19. The summed E-state index contributed by atoms with van der Waals surface area (Å²) in [6.07, 6.45) is 0. The van der Waals surface area contributed by atoms with Gasteiger partial charge in [-0.2, -0.15) is 0 Å². The molecule has 0 N–H and O–H groups in total. The van der Waals surface area contributed by atoms with E-state index < -0.39 is 0 Å². The molecular weight excluding hydrogens is 326 g/mol. The molecule has 0 aromatic heterocycles. The van der Waals surface area contributed by atoms with Crippen molar-refractivity contribution in [2.45, 2.75) is 13.8 Å². The molecule has 0 aliphatic carbocycles. The van der Waals surface area contributed by atoms with Gasteiger partial charge in [-0.15, -0.1) is 28.7 Å². The smallest absolute Gasteiger partial charge is 0.182 e. The molecule has 104 valence electrons. The van der Waals surface area contributed by atoms with Crippen LogP contribution >= 0.6 is 28.7 Å². The van der Waals surface area contributed by atoms with Crippen LogP contribution in [0.1, 0.15) is 24.2 Å². The highest BCUT2D eigenvalue weighted by Crippen LogP contribution is 2.30. The van der Waals surface area contributed by atoms with Gasteiger partial charge in [0.15, 0.2) is 5.78 Å². The number of carbonyl (C=O) groups excluding carboxylic acids is 1. The van der Waals surface area contributed by atoms with Crippen molar-refractivity contribution in [3.8, 4) is 5.75 Å². The number of carbonyl (C=O) groups is 1. The van der Waals surface area contributed by atoms with Crippen molar-refractivity contribution < 1.29 is 9.53 Å². The summed E-state index contributed by atoms with van der Waals surface area (Å²) in [5, 5.41) is 0. The first-order chi connectivity index (χ1) is 8.61. The second-order valence-electron chi connectivity index (χ2n) is 4.26. The molecule has 1 aliphatic heterocycles. The maximum Gasteiger partial charge on any atom is 0.182 e. The molecule has 1 aromatic carbocycles. The predicted octanol–water partition coefficient (Wildman–Crippen LogP) is 3.71. The second kappa shape index (κ2) is 7.01. The van der Waals surface area contributed by atoms with Gasteiger partial charge in [-0.3, -0.25) is 4.79 Å². The van der Waals surface area contributed by atoms with Crippen LogP contribution in [-0.2, 0) is 0 Å². The summed E-state index contributed by atoms with van der Waals surface area (Å²) >= 11 is 1.79. The Bertz CT molecular complexity index is 485. The number of ketones is 1. The Morgan fingerprint density at radius 1 is 1.32 bits per heavy atom. The molecule has 0 atom stereocenters. The molecule has 0 saturated carbocycles. The van der Waals surface area contributed by atoms with E-state index in [4.69, 9.17) is 4.74 Å². The molecule has 0 radical (unpaired) electrons. The molecule has 1 aliphatic rings. The summed E-state index contributed by atoms with van der Waals surface area (Å²) in [5.41, 5.74) is 1.94. The molecule has 0 unspecified atom stereocenters. The van der Waals surface area contributed by atoms with Crippen LogP contribution in [0.15, 0.2) is 34.9 Å². The zero-order chi connectivity index (χ0) is 13.1. The minimum Gasteiger partial charge on any atom is -0.497 e. The predicted molar refractivity (Wildman–Crippen MR) is 85.2 cm³/mol. The Hall–Kier alpha value is -0.940. The van der Waals surface area contributed by atoms with Crippen molar-refractivity contribution in [2.24, 2.45) is 0 Å². The molecule has 3 nitrogen and oxygen atoms in total. The Kier molecular flexibility index (Phi) is 5.94. The largest absolute Gasteiger partial charge is 0.497 e. The maximum absolute atomic E-state index is 12.1. The number of Topliss-reactive ketones (excluding diaryl/α,β-unsaturated/α-hetero) is 1.